The van der Waals surface area contributed by atoms with E-state index in [1.54, 1.807) is 12.0 Å². The molecule has 6 nitrogen and oxygen atoms in total. The summed E-state index contributed by atoms with van der Waals surface area (Å²) in [6.45, 7) is 0.789. The van der Waals surface area contributed by atoms with Crippen molar-refractivity contribution in [2.24, 2.45) is 0 Å². The molecule has 1 aliphatic heterocycles. The molecule has 0 atom stereocenters. The number of ether oxygens (including phenoxy) is 2. The molecule has 1 N–H and O–H groups in total. The van der Waals surface area contributed by atoms with E-state index in [1.165, 1.54) is 0 Å². The lowest BCUT2D eigenvalue weighted by atomic mass is 10.1. The first-order valence-corrected chi connectivity index (χ1v) is 8.10. The standard InChI is InChI=1S/C19H20N2O4/c1-24-16-8-4-2-6-14(16)12-18(22)20-10-11-21-15-7-3-5-9-17(15)25-13-19(21)23/h2-9H,10-13H2,1H3,(H,20,22). The maximum absolute atomic E-state index is 12.2. The Labute approximate surface area is 146 Å². The summed E-state index contributed by atoms with van der Waals surface area (Å²) in [5, 5.41) is 2.85. The first-order valence-electron chi connectivity index (χ1n) is 8.10. The third kappa shape index (κ3) is 3.91. The van der Waals surface area contributed by atoms with Crippen LogP contribution in [-0.4, -0.2) is 38.6 Å². The predicted molar refractivity (Wildman–Crippen MR) is 94.0 cm³/mol. The van der Waals surface area contributed by atoms with Crippen molar-refractivity contribution in [3.05, 3.63) is 54.1 Å². The van der Waals surface area contributed by atoms with Crippen LogP contribution in [-0.2, 0) is 16.0 Å². The maximum atomic E-state index is 12.2. The maximum Gasteiger partial charge on any atom is 0.265 e. The molecular weight excluding hydrogens is 320 g/mol. The van der Waals surface area contributed by atoms with Gasteiger partial charge in [-0.15, -0.1) is 0 Å². The minimum Gasteiger partial charge on any atom is -0.496 e. The van der Waals surface area contributed by atoms with Gasteiger partial charge in [-0.2, -0.15) is 0 Å². The highest BCUT2D eigenvalue weighted by atomic mass is 16.5. The molecule has 1 aliphatic rings. The zero-order valence-electron chi connectivity index (χ0n) is 14.0. The quantitative estimate of drug-likeness (QED) is 0.870. The zero-order chi connectivity index (χ0) is 17.6. The van der Waals surface area contributed by atoms with E-state index < -0.39 is 0 Å². The first kappa shape index (κ1) is 16.8. The average molecular weight is 340 g/mol. The van der Waals surface area contributed by atoms with Gasteiger partial charge in [-0.1, -0.05) is 30.3 Å². The molecule has 25 heavy (non-hydrogen) atoms. The minimum absolute atomic E-state index is 0.0200. The van der Waals surface area contributed by atoms with Crippen molar-refractivity contribution in [1.82, 2.24) is 5.32 Å². The van der Waals surface area contributed by atoms with Gasteiger partial charge in [0.15, 0.2) is 6.61 Å². The van der Waals surface area contributed by atoms with Crippen molar-refractivity contribution in [2.45, 2.75) is 6.42 Å². The number of anilines is 1. The van der Waals surface area contributed by atoms with Crippen LogP contribution in [0.15, 0.2) is 48.5 Å². The van der Waals surface area contributed by atoms with Gasteiger partial charge in [0.25, 0.3) is 5.91 Å². The van der Waals surface area contributed by atoms with E-state index >= 15 is 0 Å². The summed E-state index contributed by atoms with van der Waals surface area (Å²) in [6, 6.07) is 14.8. The fraction of sp³-hybridized carbons (Fsp3) is 0.263. The molecule has 2 aromatic rings. The van der Waals surface area contributed by atoms with E-state index in [4.69, 9.17) is 9.47 Å². The number of fused-ring (bicyclic) bond motifs is 1. The smallest absolute Gasteiger partial charge is 0.265 e. The van der Waals surface area contributed by atoms with Crippen molar-refractivity contribution < 1.29 is 19.1 Å². The molecule has 130 valence electrons. The van der Waals surface area contributed by atoms with Crippen LogP contribution in [0.4, 0.5) is 5.69 Å². The Balaban J connectivity index is 1.56. The van der Waals surface area contributed by atoms with E-state index in [2.05, 4.69) is 5.32 Å². The van der Waals surface area contributed by atoms with Crippen molar-refractivity contribution in [3.63, 3.8) is 0 Å². The second-order valence-corrected chi connectivity index (χ2v) is 5.64. The van der Waals surface area contributed by atoms with Gasteiger partial charge in [-0.25, -0.2) is 0 Å². The highest BCUT2D eigenvalue weighted by molar-refractivity contribution is 5.97. The molecule has 2 aromatic carbocycles. The Kier molecular flexibility index (Phi) is 5.18. The molecule has 0 aromatic heterocycles. The van der Waals surface area contributed by atoms with Crippen LogP contribution < -0.4 is 19.7 Å². The van der Waals surface area contributed by atoms with Gasteiger partial charge in [0.2, 0.25) is 5.91 Å². The molecule has 0 bridgehead atoms. The van der Waals surface area contributed by atoms with Crippen LogP contribution in [0.25, 0.3) is 0 Å². The molecule has 0 fully saturated rings. The molecule has 0 unspecified atom stereocenters. The van der Waals surface area contributed by atoms with E-state index in [9.17, 15) is 9.59 Å². The fourth-order valence-corrected chi connectivity index (χ4v) is 2.79. The fourth-order valence-electron chi connectivity index (χ4n) is 2.79. The van der Waals surface area contributed by atoms with Crippen LogP contribution in [0.5, 0.6) is 11.5 Å². The summed E-state index contributed by atoms with van der Waals surface area (Å²) in [4.78, 5) is 25.9. The van der Waals surface area contributed by atoms with Crippen molar-refractivity contribution in [2.75, 3.05) is 31.7 Å². The molecule has 0 saturated heterocycles. The third-order valence-corrected chi connectivity index (χ3v) is 4.01. The molecular formula is C19H20N2O4. The summed E-state index contributed by atoms with van der Waals surface area (Å²) in [5.74, 6) is 1.15. The monoisotopic (exact) mass is 340 g/mol. The molecule has 0 saturated carbocycles. The number of nitrogens with zero attached hydrogens (tertiary/aromatic N) is 1. The number of amides is 2. The van der Waals surface area contributed by atoms with E-state index in [1.807, 2.05) is 48.5 Å². The van der Waals surface area contributed by atoms with Gasteiger partial charge in [0.05, 0.1) is 19.2 Å². The van der Waals surface area contributed by atoms with Crippen LogP contribution in [0.1, 0.15) is 5.56 Å². The van der Waals surface area contributed by atoms with Crippen molar-refractivity contribution >= 4 is 17.5 Å². The second-order valence-electron chi connectivity index (χ2n) is 5.64. The molecule has 1 heterocycles. The number of carbonyl (C=O) groups excluding carboxylic acids is 2. The Morgan fingerprint density at radius 3 is 2.80 bits per heavy atom. The van der Waals surface area contributed by atoms with E-state index in [-0.39, 0.29) is 24.8 Å². The van der Waals surface area contributed by atoms with E-state index in [0.29, 0.717) is 24.6 Å². The average Bonchev–Trinajstić information content (AvgIpc) is 2.64. The summed E-state index contributed by atoms with van der Waals surface area (Å²) < 4.78 is 10.7. The summed E-state index contributed by atoms with van der Waals surface area (Å²) >= 11 is 0. The zero-order valence-corrected chi connectivity index (χ0v) is 14.0. The number of rotatable bonds is 6. The van der Waals surface area contributed by atoms with Crippen molar-refractivity contribution in [1.29, 1.82) is 0 Å². The summed E-state index contributed by atoms with van der Waals surface area (Å²) in [7, 11) is 1.58. The van der Waals surface area contributed by atoms with Gasteiger partial charge < -0.3 is 19.7 Å². The summed E-state index contributed by atoms with van der Waals surface area (Å²) in [5.41, 5.74) is 1.56. The SMILES string of the molecule is COc1ccccc1CC(=O)NCCN1C(=O)COc2ccccc21. The number of hydrogen-bond donors (Lipinski definition) is 1. The Hall–Kier alpha value is -3.02. The predicted octanol–water partition coefficient (Wildman–Crippen LogP) is 1.78. The normalized spacial score (nSPS) is 13.0. The number of hydrogen-bond acceptors (Lipinski definition) is 4. The van der Waals surface area contributed by atoms with Crippen LogP contribution in [0.2, 0.25) is 0 Å². The number of carbonyl (C=O) groups is 2. The van der Waals surface area contributed by atoms with Gasteiger partial charge in [-0.3, -0.25) is 9.59 Å². The molecule has 3 rings (SSSR count). The lowest BCUT2D eigenvalue weighted by Crippen LogP contribution is -2.43. The molecule has 2 amide bonds. The molecule has 6 heteroatoms. The minimum atomic E-state index is -0.113. The first-order chi connectivity index (χ1) is 12.2. The van der Waals surface area contributed by atoms with Gasteiger partial charge in [-0.05, 0) is 18.2 Å². The lowest BCUT2D eigenvalue weighted by molar-refractivity contribution is -0.122. The number of benzene rings is 2. The molecule has 0 radical (unpaired) electrons. The van der Waals surface area contributed by atoms with Crippen LogP contribution >= 0.6 is 0 Å². The van der Waals surface area contributed by atoms with E-state index in [0.717, 1.165) is 11.3 Å². The van der Waals surface area contributed by atoms with Gasteiger partial charge in [0, 0.05) is 18.7 Å². The topological polar surface area (TPSA) is 67.9 Å². The Bertz CT molecular complexity index is 776. The summed E-state index contributed by atoms with van der Waals surface area (Å²) in [6.07, 6.45) is 0.234. The largest absolute Gasteiger partial charge is 0.496 e. The second kappa shape index (κ2) is 7.70. The molecule has 0 aliphatic carbocycles. The number of para-hydroxylation sites is 3. The number of nitrogens with one attached hydrogen (secondary N) is 1. The Morgan fingerprint density at radius 2 is 1.96 bits per heavy atom. The molecule has 0 spiro atoms. The van der Waals surface area contributed by atoms with Gasteiger partial charge >= 0.3 is 0 Å². The number of methoxy groups -OCH3 is 1. The Morgan fingerprint density at radius 1 is 1.20 bits per heavy atom. The third-order valence-electron chi connectivity index (χ3n) is 4.01. The highest BCUT2D eigenvalue weighted by Crippen LogP contribution is 2.30. The van der Waals surface area contributed by atoms with Crippen molar-refractivity contribution in [3.8, 4) is 11.5 Å². The van der Waals surface area contributed by atoms with Gasteiger partial charge in [0.1, 0.15) is 11.5 Å². The van der Waals surface area contributed by atoms with Crippen LogP contribution in [0.3, 0.4) is 0 Å². The van der Waals surface area contributed by atoms with Crippen LogP contribution in [0, 0.1) is 0 Å². The lowest BCUT2D eigenvalue weighted by Gasteiger charge is -2.29. The highest BCUT2D eigenvalue weighted by Gasteiger charge is 2.24.